The Labute approximate surface area is 172 Å². The SMILES string of the molecule is CCOC(=O)N1CCc2c(sc3c2C(=O)N[C@@H](c2cccc(OC)c2OC)N3)C1. The number of ether oxygens (including phenoxy) is 3. The monoisotopic (exact) mass is 417 g/mol. The van der Waals surface area contributed by atoms with Crippen LogP contribution < -0.4 is 20.1 Å². The molecule has 154 valence electrons. The summed E-state index contributed by atoms with van der Waals surface area (Å²) < 4.78 is 16.0. The number of nitrogens with zero attached hydrogens (tertiary/aromatic N) is 1. The first-order valence-electron chi connectivity index (χ1n) is 9.41. The minimum Gasteiger partial charge on any atom is -0.493 e. The Balaban J connectivity index is 1.64. The van der Waals surface area contributed by atoms with Gasteiger partial charge < -0.3 is 29.7 Å². The van der Waals surface area contributed by atoms with Crippen molar-refractivity contribution in [3.05, 3.63) is 39.8 Å². The highest BCUT2D eigenvalue weighted by Gasteiger charge is 2.35. The van der Waals surface area contributed by atoms with Crippen LogP contribution in [0.4, 0.5) is 9.80 Å². The van der Waals surface area contributed by atoms with E-state index in [0.717, 1.165) is 21.0 Å². The van der Waals surface area contributed by atoms with Crippen LogP contribution in [0.5, 0.6) is 11.5 Å². The zero-order valence-electron chi connectivity index (χ0n) is 16.5. The molecule has 8 nitrogen and oxygen atoms in total. The van der Waals surface area contributed by atoms with Gasteiger partial charge in [0.25, 0.3) is 5.91 Å². The van der Waals surface area contributed by atoms with Gasteiger partial charge in [0.1, 0.15) is 11.2 Å². The third kappa shape index (κ3) is 3.35. The van der Waals surface area contributed by atoms with Gasteiger partial charge >= 0.3 is 6.09 Å². The minimum atomic E-state index is -0.443. The zero-order chi connectivity index (χ0) is 20.5. The van der Waals surface area contributed by atoms with E-state index in [1.807, 2.05) is 18.2 Å². The number of fused-ring (bicyclic) bond motifs is 3. The molecule has 2 N–H and O–H groups in total. The molecule has 1 aromatic heterocycles. The van der Waals surface area contributed by atoms with Gasteiger partial charge in [-0.3, -0.25) is 4.79 Å². The maximum Gasteiger partial charge on any atom is 0.410 e. The molecule has 0 saturated carbocycles. The molecule has 0 saturated heterocycles. The molecule has 1 atom stereocenters. The summed E-state index contributed by atoms with van der Waals surface area (Å²) in [6, 6.07) is 5.56. The molecular weight excluding hydrogens is 394 g/mol. The summed E-state index contributed by atoms with van der Waals surface area (Å²) in [5.41, 5.74) is 2.46. The van der Waals surface area contributed by atoms with Crippen LogP contribution in [0.15, 0.2) is 18.2 Å². The lowest BCUT2D eigenvalue weighted by Gasteiger charge is -2.29. The van der Waals surface area contributed by atoms with E-state index in [4.69, 9.17) is 14.2 Å². The molecule has 0 spiro atoms. The average molecular weight is 417 g/mol. The Hall–Kier alpha value is -2.94. The lowest BCUT2D eigenvalue weighted by molar-refractivity contribution is 0.0933. The number of para-hydroxylation sites is 1. The van der Waals surface area contributed by atoms with Gasteiger partial charge in [-0.25, -0.2) is 4.79 Å². The number of anilines is 1. The van der Waals surface area contributed by atoms with Gasteiger partial charge in [0.2, 0.25) is 0 Å². The van der Waals surface area contributed by atoms with E-state index >= 15 is 0 Å². The predicted molar refractivity (Wildman–Crippen MR) is 109 cm³/mol. The Morgan fingerprint density at radius 3 is 2.83 bits per heavy atom. The molecule has 9 heteroatoms. The van der Waals surface area contributed by atoms with Crippen LogP contribution in [0.2, 0.25) is 0 Å². The van der Waals surface area contributed by atoms with Crippen molar-refractivity contribution in [2.75, 3.05) is 32.7 Å². The molecule has 29 heavy (non-hydrogen) atoms. The Kier molecular flexibility index (Phi) is 5.23. The summed E-state index contributed by atoms with van der Waals surface area (Å²) >= 11 is 1.51. The summed E-state index contributed by atoms with van der Waals surface area (Å²) in [5, 5.41) is 7.24. The van der Waals surface area contributed by atoms with Gasteiger partial charge in [-0.15, -0.1) is 11.3 Å². The first-order chi connectivity index (χ1) is 14.1. The fraction of sp³-hybridized carbons (Fsp3) is 0.400. The highest BCUT2D eigenvalue weighted by molar-refractivity contribution is 7.16. The maximum atomic E-state index is 13.0. The van der Waals surface area contributed by atoms with Crippen molar-refractivity contribution >= 4 is 28.3 Å². The lowest BCUT2D eigenvalue weighted by atomic mass is 10.00. The fourth-order valence-corrected chi connectivity index (χ4v) is 5.07. The molecule has 4 rings (SSSR count). The number of hydrogen-bond donors (Lipinski definition) is 2. The molecular formula is C20H23N3O5S. The summed E-state index contributed by atoms with van der Waals surface area (Å²) in [5.74, 6) is 1.05. The second-order valence-corrected chi connectivity index (χ2v) is 7.82. The molecule has 0 radical (unpaired) electrons. The standard InChI is InChI=1S/C20H23N3O5S/c1-4-28-20(25)23-9-8-11-14(10-23)29-19-15(11)18(24)21-17(22-19)12-6-5-7-13(26-2)16(12)27-3/h5-7,17,22H,4,8-10H2,1-3H3,(H,21,24)/t17-/m1/s1. The number of nitrogens with one attached hydrogen (secondary N) is 2. The smallest absolute Gasteiger partial charge is 0.410 e. The highest BCUT2D eigenvalue weighted by Crippen LogP contribution is 2.43. The first-order valence-corrected chi connectivity index (χ1v) is 10.2. The number of amides is 2. The maximum absolute atomic E-state index is 13.0. The molecule has 2 amide bonds. The molecule has 1 aromatic carbocycles. The van der Waals surface area contributed by atoms with Crippen molar-refractivity contribution in [2.24, 2.45) is 0 Å². The molecule has 0 unspecified atom stereocenters. The third-order valence-electron chi connectivity index (χ3n) is 5.11. The van der Waals surface area contributed by atoms with Crippen LogP contribution >= 0.6 is 11.3 Å². The largest absolute Gasteiger partial charge is 0.493 e. The van der Waals surface area contributed by atoms with Crippen LogP contribution in [0.1, 0.15) is 39.5 Å². The van der Waals surface area contributed by atoms with E-state index in [9.17, 15) is 9.59 Å². The van der Waals surface area contributed by atoms with E-state index in [0.29, 0.717) is 43.2 Å². The van der Waals surface area contributed by atoms with Crippen molar-refractivity contribution in [3.8, 4) is 11.5 Å². The number of thiophene rings is 1. The second-order valence-electron chi connectivity index (χ2n) is 6.71. The highest BCUT2D eigenvalue weighted by atomic mass is 32.1. The van der Waals surface area contributed by atoms with E-state index in [1.165, 1.54) is 11.3 Å². The van der Waals surface area contributed by atoms with Crippen molar-refractivity contribution in [1.82, 2.24) is 10.2 Å². The molecule has 0 fully saturated rings. The summed E-state index contributed by atoms with van der Waals surface area (Å²) in [4.78, 5) is 27.7. The number of carbonyl (C=O) groups is 2. The van der Waals surface area contributed by atoms with E-state index in [1.54, 1.807) is 26.0 Å². The predicted octanol–water partition coefficient (Wildman–Crippen LogP) is 3.13. The van der Waals surface area contributed by atoms with E-state index in [-0.39, 0.29) is 12.0 Å². The van der Waals surface area contributed by atoms with Gasteiger partial charge in [-0.05, 0) is 25.0 Å². The zero-order valence-corrected chi connectivity index (χ0v) is 17.4. The van der Waals surface area contributed by atoms with Crippen molar-refractivity contribution in [3.63, 3.8) is 0 Å². The van der Waals surface area contributed by atoms with Crippen molar-refractivity contribution in [2.45, 2.75) is 26.1 Å². The Morgan fingerprint density at radius 2 is 2.10 bits per heavy atom. The molecule has 2 aromatic rings. The number of rotatable bonds is 4. The van der Waals surface area contributed by atoms with Gasteiger partial charge in [-0.1, -0.05) is 12.1 Å². The van der Waals surface area contributed by atoms with E-state index < -0.39 is 6.17 Å². The molecule has 0 bridgehead atoms. The van der Waals surface area contributed by atoms with Crippen molar-refractivity contribution < 1.29 is 23.8 Å². The normalized spacial score (nSPS) is 17.6. The molecule has 3 heterocycles. The van der Waals surface area contributed by atoms with Gasteiger partial charge in [0, 0.05) is 17.0 Å². The summed E-state index contributed by atoms with van der Waals surface area (Å²) in [6.45, 7) is 3.12. The number of benzene rings is 1. The van der Waals surface area contributed by atoms with Crippen LogP contribution in [-0.4, -0.2) is 44.3 Å². The third-order valence-corrected chi connectivity index (χ3v) is 6.25. The van der Waals surface area contributed by atoms with Gasteiger partial charge in [0.15, 0.2) is 11.5 Å². The Bertz CT molecular complexity index is 958. The van der Waals surface area contributed by atoms with Gasteiger partial charge in [0.05, 0.1) is 32.9 Å². The topological polar surface area (TPSA) is 89.1 Å². The fourth-order valence-electron chi connectivity index (χ4n) is 3.78. The summed E-state index contributed by atoms with van der Waals surface area (Å²) in [7, 11) is 3.15. The minimum absolute atomic E-state index is 0.129. The van der Waals surface area contributed by atoms with Crippen molar-refractivity contribution in [1.29, 1.82) is 0 Å². The quantitative estimate of drug-likeness (QED) is 0.795. The molecule has 0 aliphatic carbocycles. The lowest BCUT2D eigenvalue weighted by Crippen LogP contribution is -2.39. The van der Waals surface area contributed by atoms with Crippen LogP contribution in [-0.2, 0) is 17.7 Å². The molecule has 2 aliphatic heterocycles. The average Bonchev–Trinajstić information content (AvgIpc) is 3.11. The van der Waals surface area contributed by atoms with Crippen LogP contribution in [0, 0.1) is 0 Å². The Morgan fingerprint density at radius 1 is 1.28 bits per heavy atom. The summed E-state index contributed by atoms with van der Waals surface area (Å²) in [6.07, 6.45) is -0.135. The number of carbonyl (C=O) groups excluding carboxylic acids is 2. The number of hydrogen-bond acceptors (Lipinski definition) is 7. The van der Waals surface area contributed by atoms with Crippen LogP contribution in [0.3, 0.4) is 0 Å². The second kappa shape index (κ2) is 7.82. The van der Waals surface area contributed by atoms with E-state index in [2.05, 4.69) is 10.6 Å². The molecule has 2 aliphatic rings. The first kappa shape index (κ1) is 19.4. The van der Waals surface area contributed by atoms with Gasteiger partial charge in [-0.2, -0.15) is 0 Å². The number of methoxy groups -OCH3 is 2. The van der Waals surface area contributed by atoms with Crippen LogP contribution in [0.25, 0.3) is 0 Å².